The number of thiophene rings is 1. The lowest BCUT2D eigenvalue weighted by atomic mass is 10.00. The van der Waals surface area contributed by atoms with Crippen LogP contribution in [0.3, 0.4) is 0 Å². The molecule has 2 aromatic rings. The maximum atomic E-state index is 12.1. The molecule has 0 bridgehead atoms. The number of benzene rings is 1. The van der Waals surface area contributed by atoms with Gasteiger partial charge >= 0.3 is 5.97 Å². The molecule has 0 N–H and O–H groups in total. The third kappa shape index (κ3) is 1.71. The summed E-state index contributed by atoms with van der Waals surface area (Å²) in [4.78, 5) is 17.7. The first-order chi connectivity index (χ1) is 9.66. The van der Waals surface area contributed by atoms with E-state index in [0.29, 0.717) is 5.90 Å². The van der Waals surface area contributed by atoms with Crippen LogP contribution in [0.2, 0.25) is 0 Å². The molecule has 1 aromatic heterocycles. The van der Waals surface area contributed by atoms with Crippen LogP contribution in [0.5, 0.6) is 0 Å². The summed E-state index contributed by atoms with van der Waals surface area (Å²) in [5.41, 5.74) is 0.671. The molecule has 0 radical (unpaired) electrons. The van der Waals surface area contributed by atoms with Crippen molar-refractivity contribution in [1.82, 2.24) is 0 Å². The molecule has 1 spiro atoms. The van der Waals surface area contributed by atoms with Crippen molar-refractivity contribution < 1.29 is 9.53 Å². The predicted molar refractivity (Wildman–Crippen MR) is 80.4 cm³/mol. The van der Waals surface area contributed by atoms with Crippen molar-refractivity contribution in [1.29, 1.82) is 0 Å². The van der Waals surface area contributed by atoms with Crippen LogP contribution >= 0.6 is 11.3 Å². The lowest BCUT2D eigenvalue weighted by molar-refractivity contribution is -0.138. The number of hydrogen-bond acceptors (Lipinski definition) is 4. The maximum Gasteiger partial charge on any atom is 0.340 e. The first kappa shape index (κ1) is 12.1. The van der Waals surface area contributed by atoms with E-state index in [-0.39, 0.29) is 5.97 Å². The summed E-state index contributed by atoms with van der Waals surface area (Å²) in [5.74, 6) is 0.370. The third-order valence-corrected chi connectivity index (χ3v) is 5.29. The van der Waals surface area contributed by atoms with E-state index in [1.165, 1.54) is 15.6 Å². The minimum atomic E-state index is -0.568. The number of aliphatic imine (C=N–C) groups is 1. The monoisotopic (exact) mass is 285 g/mol. The Bertz CT molecular complexity index is 738. The molecule has 1 aliphatic carbocycles. The van der Waals surface area contributed by atoms with Gasteiger partial charge in [0, 0.05) is 4.70 Å². The Kier molecular flexibility index (Phi) is 2.51. The topological polar surface area (TPSA) is 38.7 Å². The molecule has 3 nitrogen and oxygen atoms in total. The normalized spacial score (nSPS) is 20.6. The Morgan fingerprint density at radius 2 is 2.05 bits per heavy atom. The van der Waals surface area contributed by atoms with E-state index in [4.69, 9.17) is 4.74 Å². The fourth-order valence-electron chi connectivity index (χ4n) is 3.07. The number of fused-ring (bicyclic) bond motifs is 1. The number of rotatable bonds is 1. The zero-order valence-corrected chi connectivity index (χ0v) is 12.1. The summed E-state index contributed by atoms with van der Waals surface area (Å²) >= 11 is 1.64. The van der Waals surface area contributed by atoms with Crippen LogP contribution in [0.1, 0.15) is 36.1 Å². The second kappa shape index (κ2) is 4.16. The zero-order valence-electron chi connectivity index (χ0n) is 11.3. The molecule has 2 heterocycles. The zero-order chi connectivity index (χ0) is 13.7. The van der Waals surface area contributed by atoms with Gasteiger partial charge < -0.3 is 4.74 Å². The average molecular weight is 285 g/mol. The van der Waals surface area contributed by atoms with Crippen molar-refractivity contribution in [2.75, 3.05) is 0 Å². The van der Waals surface area contributed by atoms with Crippen LogP contribution in [0.25, 0.3) is 10.1 Å². The van der Waals surface area contributed by atoms with Gasteiger partial charge in [0.1, 0.15) is 0 Å². The van der Waals surface area contributed by atoms with E-state index >= 15 is 0 Å². The van der Waals surface area contributed by atoms with Gasteiger partial charge in [-0.25, -0.2) is 9.79 Å². The van der Waals surface area contributed by atoms with Gasteiger partial charge in [-0.05, 0) is 42.8 Å². The van der Waals surface area contributed by atoms with Gasteiger partial charge in [0.15, 0.2) is 5.54 Å². The number of carbonyl (C=O) groups excluding carboxylic acids is 1. The van der Waals surface area contributed by atoms with Gasteiger partial charge in [-0.15, -0.1) is 11.3 Å². The summed E-state index contributed by atoms with van der Waals surface area (Å²) < 4.78 is 6.68. The molecular weight excluding hydrogens is 270 g/mol. The molecule has 4 heteroatoms. The van der Waals surface area contributed by atoms with Gasteiger partial charge in [-0.1, -0.05) is 25.0 Å². The van der Waals surface area contributed by atoms with Crippen molar-refractivity contribution in [2.45, 2.75) is 38.1 Å². The minimum Gasteiger partial charge on any atom is -0.404 e. The lowest BCUT2D eigenvalue weighted by Crippen LogP contribution is -2.29. The van der Waals surface area contributed by atoms with Crippen LogP contribution in [0, 0.1) is 6.92 Å². The number of hydrogen-bond donors (Lipinski definition) is 0. The van der Waals surface area contributed by atoms with Crippen LogP contribution in [-0.4, -0.2) is 17.4 Å². The Morgan fingerprint density at radius 3 is 2.85 bits per heavy atom. The Morgan fingerprint density at radius 1 is 1.25 bits per heavy atom. The summed E-state index contributed by atoms with van der Waals surface area (Å²) in [6.07, 6.45) is 3.80. The van der Waals surface area contributed by atoms with Gasteiger partial charge in [0.25, 0.3) is 0 Å². The average Bonchev–Trinajstić information content (AvgIpc) is 3.10. The second-order valence-electron chi connectivity index (χ2n) is 5.70. The second-order valence-corrected chi connectivity index (χ2v) is 6.78. The number of esters is 1. The molecule has 102 valence electrons. The number of nitrogens with zero attached hydrogens (tertiary/aromatic N) is 1. The molecule has 1 aromatic carbocycles. The first-order valence-corrected chi connectivity index (χ1v) is 7.81. The summed E-state index contributed by atoms with van der Waals surface area (Å²) in [5, 5.41) is 1.18. The fourth-order valence-corrected chi connectivity index (χ4v) is 4.16. The van der Waals surface area contributed by atoms with Gasteiger partial charge in [0.2, 0.25) is 5.90 Å². The Balaban J connectivity index is 1.78. The number of aryl methyl sites for hydroxylation is 1. The van der Waals surface area contributed by atoms with Crippen LogP contribution in [0.4, 0.5) is 0 Å². The van der Waals surface area contributed by atoms with Gasteiger partial charge in [-0.2, -0.15) is 0 Å². The molecule has 0 amide bonds. The summed E-state index contributed by atoms with van der Waals surface area (Å²) in [6.45, 7) is 2.08. The highest BCUT2D eigenvalue weighted by atomic mass is 32.1. The molecule has 4 rings (SSSR count). The highest BCUT2D eigenvalue weighted by Gasteiger charge is 2.48. The molecule has 20 heavy (non-hydrogen) atoms. The third-order valence-electron chi connectivity index (χ3n) is 4.20. The van der Waals surface area contributed by atoms with Crippen molar-refractivity contribution in [3.63, 3.8) is 0 Å². The molecule has 2 aliphatic rings. The summed E-state index contributed by atoms with van der Waals surface area (Å²) in [6, 6.07) is 8.43. The fraction of sp³-hybridized carbons (Fsp3) is 0.375. The number of ether oxygens (including phenoxy) is 1. The van der Waals surface area contributed by atoms with Crippen LogP contribution in [0.15, 0.2) is 29.3 Å². The largest absolute Gasteiger partial charge is 0.404 e. The van der Waals surface area contributed by atoms with E-state index in [1.54, 1.807) is 11.3 Å². The SMILES string of the molecule is Cc1ccc2cc(C3=NC4(CCCC4)C(=O)O3)sc2c1. The number of cyclic esters (lactones) is 1. The summed E-state index contributed by atoms with van der Waals surface area (Å²) in [7, 11) is 0. The quantitative estimate of drug-likeness (QED) is 0.747. The van der Waals surface area contributed by atoms with Crippen molar-refractivity contribution in [2.24, 2.45) is 4.99 Å². The van der Waals surface area contributed by atoms with E-state index in [2.05, 4.69) is 36.2 Å². The molecule has 0 unspecified atom stereocenters. The molecular formula is C16H15NO2S. The smallest absolute Gasteiger partial charge is 0.340 e. The molecule has 0 saturated heterocycles. The Labute approximate surface area is 121 Å². The van der Waals surface area contributed by atoms with Crippen molar-refractivity contribution >= 4 is 33.3 Å². The van der Waals surface area contributed by atoms with Crippen molar-refractivity contribution in [3.8, 4) is 0 Å². The molecule has 1 aliphatic heterocycles. The van der Waals surface area contributed by atoms with Crippen LogP contribution in [-0.2, 0) is 9.53 Å². The van der Waals surface area contributed by atoms with E-state index in [1.807, 2.05) is 0 Å². The highest BCUT2D eigenvalue weighted by molar-refractivity contribution is 7.20. The van der Waals surface area contributed by atoms with Gasteiger partial charge in [-0.3, -0.25) is 0 Å². The highest BCUT2D eigenvalue weighted by Crippen LogP contribution is 2.40. The predicted octanol–water partition coefficient (Wildman–Crippen LogP) is 3.83. The number of carbonyl (C=O) groups is 1. The first-order valence-electron chi connectivity index (χ1n) is 6.99. The molecule has 0 atom stereocenters. The maximum absolute atomic E-state index is 12.1. The Hall–Kier alpha value is -1.68. The van der Waals surface area contributed by atoms with Gasteiger partial charge in [0.05, 0.1) is 4.88 Å². The van der Waals surface area contributed by atoms with E-state index < -0.39 is 5.54 Å². The van der Waals surface area contributed by atoms with E-state index in [0.717, 1.165) is 30.6 Å². The van der Waals surface area contributed by atoms with Crippen molar-refractivity contribution in [3.05, 3.63) is 34.7 Å². The minimum absolute atomic E-state index is 0.154. The standard InChI is InChI=1S/C16H15NO2S/c1-10-4-5-11-9-13(20-12(11)8-10)14-17-16(15(18)19-14)6-2-3-7-16/h4-5,8-9H,2-3,6-7H2,1H3. The lowest BCUT2D eigenvalue weighted by Gasteiger charge is -2.12. The van der Waals surface area contributed by atoms with E-state index in [9.17, 15) is 4.79 Å². The van der Waals surface area contributed by atoms with Crippen LogP contribution < -0.4 is 0 Å². The molecule has 1 saturated carbocycles. The molecule has 1 fully saturated rings.